The van der Waals surface area contributed by atoms with Crippen molar-refractivity contribution in [2.24, 2.45) is 11.8 Å². The van der Waals surface area contributed by atoms with Crippen molar-refractivity contribution in [1.29, 1.82) is 0 Å². The molecule has 4 fully saturated rings. The van der Waals surface area contributed by atoms with E-state index in [-0.39, 0.29) is 78.5 Å². The van der Waals surface area contributed by atoms with Crippen LogP contribution in [0.2, 0.25) is 0 Å². The highest BCUT2D eigenvalue weighted by Gasteiger charge is 2.46. The normalized spacial score (nSPS) is 21.6. The lowest BCUT2D eigenvalue weighted by Gasteiger charge is -2.42. The Labute approximate surface area is 487 Å². The minimum Gasteiger partial charge on any atom is -0.508 e. The number of aliphatic hydroxyl groups is 1. The predicted octanol–water partition coefficient (Wildman–Crippen LogP) is 9.77. The number of anilines is 1. The zero-order chi connectivity index (χ0) is 58.0. The maximum Gasteiger partial charge on any atom is 0.410 e. The number of aromatic hydroxyl groups is 1. The predicted molar refractivity (Wildman–Crippen MR) is 316 cm³/mol. The average Bonchev–Trinajstić information content (AvgIpc) is 2.77. The van der Waals surface area contributed by atoms with E-state index in [4.69, 9.17) is 33.7 Å². The molecular weight excluding hydrogens is 1070 g/mol. The van der Waals surface area contributed by atoms with Crippen LogP contribution < -0.4 is 19.7 Å². The Kier molecular flexibility index (Phi) is 15.3. The Morgan fingerprint density at radius 1 is 0.928 bits per heavy atom. The van der Waals surface area contributed by atoms with E-state index >= 15 is 0 Å². The van der Waals surface area contributed by atoms with Gasteiger partial charge in [0, 0.05) is 61.9 Å². The van der Waals surface area contributed by atoms with Gasteiger partial charge in [0.25, 0.3) is 5.88 Å². The van der Waals surface area contributed by atoms with Crippen LogP contribution in [0.25, 0.3) is 43.4 Å². The van der Waals surface area contributed by atoms with Crippen LogP contribution in [0.15, 0.2) is 76.9 Å². The van der Waals surface area contributed by atoms with Gasteiger partial charge >= 0.3 is 12.1 Å². The number of likely N-dealkylation sites (tertiary alicyclic amines) is 2. The minimum atomic E-state index is -0.849. The van der Waals surface area contributed by atoms with Crippen molar-refractivity contribution in [3.05, 3.63) is 101 Å². The molecule has 8 heterocycles. The first-order valence-electron chi connectivity index (χ1n) is 29.3. The SMILES string of the molecule is Cc1ncsc1-c1ccc([C@H](C)NC(=O)[C@@H]2C[C@@H](O)CN2C(=O)[C@@H](c2cc(OCC3CCN(CCOc4nc(N5CC6CCC(C5)N6C(=O)OC(C)(C)C)c5cnc6c(c5n4)C(C)c4cccc5cc(O)cc-6c45)CC3)no2)C(C)C)cc1. The Balaban J connectivity index is 0.679. The van der Waals surface area contributed by atoms with E-state index in [0.717, 1.165) is 110 Å². The zero-order valence-corrected chi connectivity index (χ0v) is 49.3. The van der Waals surface area contributed by atoms with E-state index in [1.54, 1.807) is 29.5 Å². The Bertz CT molecular complexity index is 3560. The number of nitrogens with zero attached hydrogens (tertiary/aromatic N) is 9. The van der Waals surface area contributed by atoms with Crippen LogP contribution in [0, 0.1) is 18.8 Å². The summed E-state index contributed by atoms with van der Waals surface area (Å²) in [7, 11) is 0. The van der Waals surface area contributed by atoms with Crippen LogP contribution in [-0.4, -0.2) is 150 Å². The number of amides is 3. The van der Waals surface area contributed by atoms with Gasteiger partial charge in [-0.1, -0.05) is 63.2 Å². The van der Waals surface area contributed by atoms with Crippen molar-refractivity contribution in [2.75, 3.05) is 57.4 Å². The largest absolute Gasteiger partial charge is 0.508 e. The van der Waals surface area contributed by atoms with Crippen LogP contribution in [0.4, 0.5) is 10.6 Å². The number of rotatable bonds is 15. The standard InChI is InChI=1S/C63H74N10O9S/c1-34(2)52(60(77)72-31-45(75)26-49(72)59(76)66-36(4)39-12-14-40(15-13-39)57-37(5)65-33-83-57)50-27-51(69-82-50)80-32-38-18-20-70(21-19-38)22-23-79-61-67-56-48(58(68-61)71-29-42-16-17-43(30-71)73(42)62(78)81-63(6,7)8)28-64-55-47-25-44(74)24-41-10-9-11-46(54(41)47)35(3)53(55)56/h9-15,24-25,27-28,33-36,38,42-43,45,49,52,74-75H,16-23,26,29-32H2,1-8H3,(H,66,76)/t35?,36-,42?,43?,45+,49-,52+/m0/s1. The number of ether oxygens (including phenoxy) is 3. The summed E-state index contributed by atoms with van der Waals surface area (Å²) in [5.74, 6) is 0.178. The summed E-state index contributed by atoms with van der Waals surface area (Å²) in [4.78, 5) is 70.7. The number of carbonyl (C=O) groups excluding carboxylic acids is 3. The second kappa shape index (κ2) is 22.6. The smallest absolute Gasteiger partial charge is 0.410 e. The van der Waals surface area contributed by atoms with E-state index in [1.807, 2.05) is 101 Å². The highest BCUT2D eigenvalue weighted by Crippen LogP contribution is 2.49. The molecule has 3 amide bonds. The molecule has 0 radical (unpaired) electrons. The number of phenols is 1. The van der Waals surface area contributed by atoms with E-state index in [1.165, 1.54) is 4.90 Å². The number of nitrogens with one attached hydrogen (secondary N) is 1. The molecule has 2 bridgehead atoms. The maximum absolute atomic E-state index is 14.4. The van der Waals surface area contributed by atoms with Gasteiger partial charge in [-0.3, -0.25) is 24.4 Å². The highest BCUT2D eigenvalue weighted by molar-refractivity contribution is 7.13. The maximum atomic E-state index is 14.4. The number of aliphatic hydroxyl groups excluding tert-OH is 1. The molecule has 0 saturated carbocycles. The third-order valence-electron chi connectivity index (χ3n) is 17.5. The van der Waals surface area contributed by atoms with Gasteiger partial charge in [-0.25, -0.2) is 9.78 Å². The molecule has 20 heteroatoms. The third-order valence-corrected chi connectivity index (χ3v) is 18.5. The Hall–Kier alpha value is -7.42. The van der Waals surface area contributed by atoms with E-state index in [0.29, 0.717) is 44.5 Å². The van der Waals surface area contributed by atoms with Gasteiger partial charge < -0.3 is 44.1 Å². The van der Waals surface area contributed by atoms with Crippen molar-refractivity contribution in [3.63, 3.8) is 0 Å². The number of fused-ring (bicyclic) bond motifs is 6. The summed E-state index contributed by atoms with van der Waals surface area (Å²) >= 11 is 1.59. The molecule has 4 saturated heterocycles. The average molecular weight is 1150 g/mol. The van der Waals surface area contributed by atoms with Gasteiger partial charge in [-0.05, 0) is 130 Å². The number of piperidine rings is 1. The van der Waals surface area contributed by atoms with Crippen LogP contribution in [0.1, 0.15) is 127 Å². The molecule has 3 unspecified atom stereocenters. The van der Waals surface area contributed by atoms with Crippen molar-refractivity contribution in [3.8, 4) is 39.3 Å². The summed E-state index contributed by atoms with van der Waals surface area (Å²) in [5.41, 5.74) is 8.69. The lowest BCUT2D eigenvalue weighted by molar-refractivity contribution is -0.141. The monoisotopic (exact) mass is 1150 g/mol. The molecule has 19 nitrogen and oxygen atoms in total. The van der Waals surface area contributed by atoms with Crippen LogP contribution in [0.5, 0.6) is 17.6 Å². The van der Waals surface area contributed by atoms with Crippen LogP contribution in [0.3, 0.4) is 0 Å². The van der Waals surface area contributed by atoms with Crippen molar-refractivity contribution in [2.45, 2.75) is 135 Å². The summed E-state index contributed by atoms with van der Waals surface area (Å²) in [6, 6.07) is 18.5. The summed E-state index contributed by atoms with van der Waals surface area (Å²) in [5, 5.41) is 31.9. The third kappa shape index (κ3) is 11.2. The number of benzene rings is 3. The molecule has 12 rings (SSSR count). The summed E-state index contributed by atoms with van der Waals surface area (Å²) < 4.78 is 24.5. The van der Waals surface area contributed by atoms with Crippen LogP contribution in [-0.2, 0) is 14.3 Å². The molecule has 3 aromatic carbocycles. The lowest BCUT2D eigenvalue weighted by Crippen LogP contribution is -2.57. The number of β-amino-alcohol motifs (C(OH)–C–C–N with tert-alkyl or cyclic N) is 1. The second-order valence-corrected chi connectivity index (χ2v) is 25.6. The van der Waals surface area contributed by atoms with E-state index < -0.39 is 23.7 Å². The molecule has 4 aliphatic heterocycles. The summed E-state index contributed by atoms with van der Waals surface area (Å²) in [6.45, 7) is 20.0. The second-order valence-electron chi connectivity index (χ2n) is 24.7. The molecule has 436 valence electrons. The number of hydrogen-bond acceptors (Lipinski definition) is 17. The molecule has 83 heavy (non-hydrogen) atoms. The van der Waals surface area contributed by atoms with Crippen LogP contribution >= 0.6 is 11.3 Å². The van der Waals surface area contributed by atoms with Gasteiger partial charge in [-0.2, -0.15) is 9.97 Å². The topological polar surface area (TPSA) is 222 Å². The molecule has 7 aromatic rings. The Morgan fingerprint density at radius 3 is 2.40 bits per heavy atom. The number of phenolic OH excluding ortho intramolecular Hbond substituents is 1. The molecule has 5 aliphatic rings. The first-order valence-corrected chi connectivity index (χ1v) is 30.2. The van der Waals surface area contributed by atoms with E-state index in [2.05, 4.69) is 38.2 Å². The fraction of sp³-hybridized carbons (Fsp3) is 0.492. The number of aryl methyl sites for hydroxylation is 1. The number of carbonyl (C=O) groups is 3. The van der Waals surface area contributed by atoms with Crippen molar-refractivity contribution < 1.29 is 43.3 Å². The number of aromatic nitrogens is 5. The minimum absolute atomic E-state index is 0.0376. The van der Waals surface area contributed by atoms with Gasteiger partial charge in [-0.15, -0.1) is 11.3 Å². The summed E-state index contributed by atoms with van der Waals surface area (Å²) in [6.07, 6.45) is 4.40. The van der Waals surface area contributed by atoms with E-state index in [9.17, 15) is 24.6 Å². The van der Waals surface area contributed by atoms with Gasteiger partial charge in [0.2, 0.25) is 11.8 Å². The first-order chi connectivity index (χ1) is 39.8. The fourth-order valence-electron chi connectivity index (χ4n) is 13.3. The Morgan fingerprint density at radius 2 is 1.69 bits per heavy atom. The van der Waals surface area contributed by atoms with Gasteiger partial charge in [0.1, 0.15) is 35.7 Å². The molecule has 0 spiro atoms. The quantitative estimate of drug-likeness (QED) is 0.0869. The number of thiazole rings is 1. The lowest BCUT2D eigenvalue weighted by atomic mass is 9.79. The first kappa shape index (κ1) is 56.1. The van der Waals surface area contributed by atoms with Crippen molar-refractivity contribution in [1.82, 2.24) is 45.1 Å². The molecule has 4 aromatic heterocycles. The molecular formula is C63H74N10O9S. The zero-order valence-electron chi connectivity index (χ0n) is 48.5. The van der Waals surface area contributed by atoms with Gasteiger partial charge in [0.15, 0.2) is 5.76 Å². The molecule has 3 N–H and O–H groups in total. The number of pyridine rings is 1. The number of hydrogen-bond donors (Lipinski definition) is 3. The molecule has 1 aliphatic carbocycles. The number of piperazine rings is 1. The van der Waals surface area contributed by atoms with Gasteiger partial charge in [0.05, 0.1) is 63.5 Å². The fourth-order valence-corrected chi connectivity index (χ4v) is 14.1. The van der Waals surface area contributed by atoms with Crippen molar-refractivity contribution >= 4 is 56.7 Å². The highest BCUT2D eigenvalue weighted by atomic mass is 32.1. The molecule has 7 atom stereocenters.